The van der Waals surface area contributed by atoms with E-state index in [1.54, 1.807) is 0 Å². The molecule has 0 aliphatic heterocycles. The Balaban J connectivity index is 0.00000112. The average Bonchev–Trinajstić information content (AvgIpc) is 2.65. The van der Waals surface area contributed by atoms with E-state index in [0.717, 1.165) is 5.75 Å². The predicted molar refractivity (Wildman–Crippen MR) is 104 cm³/mol. The SMILES string of the molecule is CC.CC.C[C@H](COP)[C@@H](Oc1ccccc1)c1ccccc1. The first-order valence-electron chi connectivity index (χ1n) is 8.39. The summed E-state index contributed by atoms with van der Waals surface area (Å²) < 4.78 is 11.3. The van der Waals surface area contributed by atoms with Crippen molar-refractivity contribution in [2.24, 2.45) is 5.92 Å². The number of rotatable bonds is 6. The quantitative estimate of drug-likeness (QED) is 0.577. The molecule has 0 amide bonds. The second-order valence-corrected chi connectivity index (χ2v) is 4.91. The lowest BCUT2D eigenvalue weighted by molar-refractivity contribution is 0.112. The van der Waals surface area contributed by atoms with Crippen molar-refractivity contribution in [3.05, 3.63) is 66.2 Å². The molecule has 0 aliphatic rings. The fourth-order valence-corrected chi connectivity index (χ4v) is 2.34. The van der Waals surface area contributed by atoms with Crippen molar-refractivity contribution < 1.29 is 9.26 Å². The van der Waals surface area contributed by atoms with Crippen molar-refractivity contribution in [1.29, 1.82) is 0 Å². The Kier molecular flexibility index (Phi) is 13.4. The van der Waals surface area contributed by atoms with E-state index in [1.165, 1.54) is 5.56 Å². The van der Waals surface area contributed by atoms with Crippen LogP contribution in [0.2, 0.25) is 0 Å². The van der Waals surface area contributed by atoms with Gasteiger partial charge >= 0.3 is 0 Å². The smallest absolute Gasteiger partial charge is 0.128 e. The third kappa shape index (κ3) is 8.16. The molecule has 2 nitrogen and oxygen atoms in total. The van der Waals surface area contributed by atoms with Crippen molar-refractivity contribution in [1.82, 2.24) is 0 Å². The van der Waals surface area contributed by atoms with Crippen LogP contribution in [-0.2, 0) is 4.52 Å². The minimum Gasteiger partial charge on any atom is -0.485 e. The van der Waals surface area contributed by atoms with Crippen molar-refractivity contribution in [3.8, 4) is 5.75 Å². The van der Waals surface area contributed by atoms with Crippen molar-refractivity contribution in [2.45, 2.75) is 40.7 Å². The van der Waals surface area contributed by atoms with Gasteiger partial charge in [0.1, 0.15) is 11.9 Å². The molecule has 0 aromatic heterocycles. The van der Waals surface area contributed by atoms with Gasteiger partial charge in [0.05, 0.1) is 6.61 Å². The maximum Gasteiger partial charge on any atom is 0.128 e. The predicted octanol–water partition coefficient (Wildman–Crippen LogP) is 6.30. The second-order valence-electron chi connectivity index (χ2n) is 4.57. The first kappa shape index (κ1) is 21.6. The van der Waals surface area contributed by atoms with Crippen LogP contribution in [0, 0.1) is 5.92 Å². The van der Waals surface area contributed by atoms with Crippen LogP contribution in [-0.4, -0.2) is 6.61 Å². The van der Waals surface area contributed by atoms with E-state index in [0.29, 0.717) is 6.61 Å². The summed E-state index contributed by atoms with van der Waals surface area (Å²) in [6.07, 6.45) is -0.0100. The maximum atomic E-state index is 6.13. The Hall–Kier alpha value is -1.37. The van der Waals surface area contributed by atoms with E-state index < -0.39 is 0 Å². The molecule has 23 heavy (non-hydrogen) atoms. The molecule has 0 saturated heterocycles. The summed E-state index contributed by atoms with van der Waals surface area (Å²) in [5.41, 5.74) is 1.17. The largest absolute Gasteiger partial charge is 0.485 e. The molecule has 0 fully saturated rings. The van der Waals surface area contributed by atoms with Crippen LogP contribution in [0.4, 0.5) is 0 Å². The molecular weight excluding hydrogens is 303 g/mol. The Labute approximate surface area is 144 Å². The normalized spacial score (nSPS) is 11.9. The molecule has 128 valence electrons. The third-order valence-corrected chi connectivity index (χ3v) is 3.20. The molecule has 2 aromatic carbocycles. The molecule has 0 heterocycles. The van der Waals surface area contributed by atoms with Gasteiger partial charge in [0.25, 0.3) is 0 Å². The molecule has 0 bridgehead atoms. The fraction of sp³-hybridized carbons (Fsp3) is 0.400. The number of hydrogen-bond acceptors (Lipinski definition) is 2. The minimum absolute atomic E-state index is 0.0100. The van der Waals surface area contributed by atoms with Crippen molar-refractivity contribution in [2.75, 3.05) is 6.61 Å². The van der Waals surface area contributed by atoms with Gasteiger partial charge in [-0.15, -0.1) is 0 Å². The second kappa shape index (κ2) is 14.2. The average molecular weight is 334 g/mol. The molecular formula is C20H31O2P. The summed E-state index contributed by atoms with van der Waals surface area (Å²) >= 11 is 0. The van der Waals surface area contributed by atoms with Gasteiger partial charge in [-0.25, -0.2) is 0 Å². The highest BCUT2D eigenvalue weighted by atomic mass is 31.0. The van der Waals surface area contributed by atoms with E-state index in [9.17, 15) is 0 Å². The van der Waals surface area contributed by atoms with Crippen LogP contribution in [0.15, 0.2) is 60.7 Å². The van der Waals surface area contributed by atoms with E-state index in [1.807, 2.05) is 76.2 Å². The van der Waals surface area contributed by atoms with Crippen molar-refractivity contribution in [3.63, 3.8) is 0 Å². The summed E-state index contributed by atoms with van der Waals surface area (Å²) in [7, 11) is 2.30. The summed E-state index contributed by atoms with van der Waals surface area (Å²) in [6, 6.07) is 20.2. The molecule has 0 radical (unpaired) electrons. The fourth-order valence-electron chi connectivity index (χ4n) is 2.04. The zero-order chi connectivity index (χ0) is 17.5. The molecule has 2 rings (SSSR count). The number of hydrogen-bond donors (Lipinski definition) is 0. The van der Waals surface area contributed by atoms with Gasteiger partial charge in [-0.3, -0.25) is 0 Å². The number of ether oxygens (including phenoxy) is 1. The first-order valence-corrected chi connectivity index (χ1v) is 8.86. The van der Waals surface area contributed by atoms with E-state index in [-0.39, 0.29) is 12.0 Å². The standard InChI is InChI=1S/C16H19O2P.2C2H6/c1-13(12-17-19)16(14-8-4-2-5-9-14)18-15-10-6-3-7-11-15;2*1-2/h2-11,13,16H,12,19H2,1H3;2*1-2H3/t13-,16-;;/m1../s1. The van der Waals surface area contributed by atoms with Gasteiger partial charge in [-0.1, -0.05) is 83.1 Å². The van der Waals surface area contributed by atoms with Gasteiger partial charge in [0, 0.05) is 15.4 Å². The maximum absolute atomic E-state index is 6.13. The third-order valence-electron chi connectivity index (χ3n) is 3.01. The lowest BCUT2D eigenvalue weighted by Crippen LogP contribution is -2.19. The van der Waals surface area contributed by atoms with Gasteiger partial charge in [0.15, 0.2) is 0 Å². The summed E-state index contributed by atoms with van der Waals surface area (Å²) in [5, 5.41) is 0. The lowest BCUT2D eigenvalue weighted by atomic mass is 9.98. The molecule has 0 spiro atoms. The Bertz CT molecular complexity index is 474. The molecule has 3 atom stereocenters. The zero-order valence-corrected chi connectivity index (χ0v) is 16.2. The molecule has 0 N–H and O–H groups in total. The molecule has 0 aliphatic carbocycles. The van der Waals surface area contributed by atoms with Gasteiger partial charge < -0.3 is 9.26 Å². The Morgan fingerprint density at radius 2 is 1.30 bits per heavy atom. The summed E-state index contributed by atoms with van der Waals surface area (Å²) in [5.74, 6) is 1.15. The number of para-hydroxylation sites is 1. The summed E-state index contributed by atoms with van der Waals surface area (Å²) in [6.45, 7) is 10.8. The van der Waals surface area contributed by atoms with Gasteiger partial charge in [-0.05, 0) is 17.7 Å². The molecule has 1 unspecified atom stereocenters. The minimum atomic E-state index is -0.0100. The number of benzene rings is 2. The highest BCUT2D eigenvalue weighted by molar-refractivity contribution is 7.09. The van der Waals surface area contributed by atoms with Crippen LogP contribution >= 0.6 is 9.47 Å². The highest BCUT2D eigenvalue weighted by Crippen LogP contribution is 2.28. The van der Waals surface area contributed by atoms with Crippen LogP contribution in [0.1, 0.15) is 46.3 Å². The van der Waals surface area contributed by atoms with Gasteiger partial charge in [-0.2, -0.15) is 0 Å². The van der Waals surface area contributed by atoms with E-state index in [2.05, 4.69) is 28.5 Å². The van der Waals surface area contributed by atoms with Crippen molar-refractivity contribution >= 4 is 9.47 Å². The van der Waals surface area contributed by atoms with E-state index in [4.69, 9.17) is 9.26 Å². The molecule has 2 aromatic rings. The zero-order valence-electron chi connectivity index (χ0n) is 15.0. The Morgan fingerprint density at radius 3 is 1.78 bits per heavy atom. The van der Waals surface area contributed by atoms with E-state index >= 15 is 0 Å². The first-order chi connectivity index (χ1) is 11.3. The topological polar surface area (TPSA) is 18.5 Å². The lowest BCUT2D eigenvalue weighted by Gasteiger charge is -2.25. The molecule has 3 heteroatoms. The summed E-state index contributed by atoms with van der Waals surface area (Å²) in [4.78, 5) is 0. The van der Waals surface area contributed by atoms with Crippen LogP contribution in [0.5, 0.6) is 5.75 Å². The highest BCUT2D eigenvalue weighted by Gasteiger charge is 2.21. The van der Waals surface area contributed by atoms with Crippen LogP contribution < -0.4 is 4.74 Å². The molecule has 0 saturated carbocycles. The van der Waals surface area contributed by atoms with Crippen LogP contribution in [0.25, 0.3) is 0 Å². The Morgan fingerprint density at radius 1 is 0.826 bits per heavy atom. The van der Waals surface area contributed by atoms with Crippen LogP contribution in [0.3, 0.4) is 0 Å². The monoisotopic (exact) mass is 334 g/mol. The van der Waals surface area contributed by atoms with Gasteiger partial charge in [0.2, 0.25) is 0 Å².